The first-order valence-corrected chi connectivity index (χ1v) is 7.49. The first-order valence-electron chi connectivity index (χ1n) is 5.95. The van der Waals surface area contributed by atoms with Gasteiger partial charge in [0.2, 0.25) is 15.7 Å². The molecule has 0 bridgehead atoms. The van der Waals surface area contributed by atoms with Crippen LogP contribution in [0.1, 0.15) is 6.42 Å². The SMILES string of the molecule is CNC(=O)CCNc1ccc(S(=O)(=O)C(F)F)cc1[N+](=O)[O-]. The lowest BCUT2D eigenvalue weighted by atomic mass is 10.2. The fourth-order valence-corrected chi connectivity index (χ4v) is 2.27. The topological polar surface area (TPSA) is 118 Å². The quantitative estimate of drug-likeness (QED) is 0.569. The van der Waals surface area contributed by atoms with Gasteiger partial charge in [0.05, 0.1) is 9.82 Å². The van der Waals surface area contributed by atoms with Gasteiger partial charge in [-0.1, -0.05) is 0 Å². The first kappa shape index (κ1) is 17.8. The minimum absolute atomic E-state index is 0.0325. The van der Waals surface area contributed by atoms with Crippen molar-refractivity contribution in [3.8, 4) is 0 Å². The highest BCUT2D eigenvalue weighted by atomic mass is 32.2. The van der Waals surface area contributed by atoms with Crippen molar-refractivity contribution in [3.05, 3.63) is 28.3 Å². The number of hydrogen-bond donors (Lipinski definition) is 2. The molecule has 0 aliphatic rings. The standard InChI is InChI=1S/C11H13F2N3O5S/c1-14-10(17)4-5-15-8-3-2-7(6-9(8)16(18)19)22(20,21)11(12)13/h2-3,6,11,15H,4-5H2,1H3,(H,14,17). The molecular formula is C11H13F2N3O5S. The van der Waals surface area contributed by atoms with Crippen LogP contribution in [-0.2, 0) is 14.6 Å². The molecule has 0 spiro atoms. The molecule has 0 aliphatic heterocycles. The number of benzene rings is 1. The number of halogens is 2. The van der Waals surface area contributed by atoms with E-state index in [1.54, 1.807) is 0 Å². The Morgan fingerprint density at radius 1 is 1.41 bits per heavy atom. The molecule has 22 heavy (non-hydrogen) atoms. The molecule has 0 unspecified atom stereocenters. The molecule has 0 saturated carbocycles. The Kier molecular flexibility index (Phi) is 5.74. The van der Waals surface area contributed by atoms with Gasteiger partial charge in [-0.2, -0.15) is 8.78 Å². The van der Waals surface area contributed by atoms with E-state index in [9.17, 15) is 32.1 Å². The molecule has 0 radical (unpaired) electrons. The number of alkyl halides is 2. The largest absolute Gasteiger partial charge is 0.379 e. The van der Waals surface area contributed by atoms with Gasteiger partial charge in [-0.15, -0.1) is 0 Å². The van der Waals surface area contributed by atoms with E-state index in [1.165, 1.54) is 7.05 Å². The minimum atomic E-state index is -4.92. The van der Waals surface area contributed by atoms with E-state index < -0.39 is 31.1 Å². The van der Waals surface area contributed by atoms with E-state index >= 15 is 0 Å². The highest BCUT2D eigenvalue weighted by molar-refractivity contribution is 7.91. The maximum atomic E-state index is 12.4. The van der Waals surface area contributed by atoms with Gasteiger partial charge in [-0.25, -0.2) is 8.42 Å². The number of nitrogens with one attached hydrogen (secondary N) is 2. The van der Waals surface area contributed by atoms with Gasteiger partial charge in [0, 0.05) is 26.1 Å². The summed E-state index contributed by atoms with van der Waals surface area (Å²) in [4.78, 5) is 20.2. The van der Waals surface area contributed by atoms with Crippen LogP contribution in [0, 0.1) is 10.1 Å². The number of amides is 1. The van der Waals surface area contributed by atoms with E-state index in [2.05, 4.69) is 10.6 Å². The summed E-state index contributed by atoms with van der Waals surface area (Å²) in [6.07, 6.45) is 0.0325. The molecule has 2 N–H and O–H groups in total. The third kappa shape index (κ3) is 4.10. The smallest absolute Gasteiger partial charge is 0.341 e. The van der Waals surface area contributed by atoms with Gasteiger partial charge in [0.1, 0.15) is 5.69 Å². The van der Waals surface area contributed by atoms with Gasteiger partial charge in [0.25, 0.3) is 5.69 Å². The van der Waals surface area contributed by atoms with E-state index in [4.69, 9.17) is 0 Å². The van der Waals surface area contributed by atoms with Gasteiger partial charge in [-0.05, 0) is 12.1 Å². The molecule has 0 aliphatic carbocycles. The first-order chi connectivity index (χ1) is 10.2. The number of hydrogen-bond acceptors (Lipinski definition) is 6. The highest BCUT2D eigenvalue weighted by Gasteiger charge is 2.29. The Morgan fingerprint density at radius 3 is 2.55 bits per heavy atom. The van der Waals surface area contributed by atoms with Crippen molar-refractivity contribution in [2.24, 2.45) is 0 Å². The van der Waals surface area contributed by atoms with Crippen LogP contribution in [0.15, 0.2) is 23.1 Å². The van der Waals surface area contributed by atoms with Crippen molar-refractivity contribution in [2.45, 2.75) is 17.1 Å². The Morgan fingerprint density at radius 2 is 2.05 bits per heavy atom. The van der Waals surface area contributed by atoms with E-state index in [0.29, 0.717) is 6.07 Å². The molecule has 0 saturated heterocycles. The summed E-state index contributed by atoms with van der Waals surface area (Å²) in [6.45, 7) is 0.0570. The Labute approximate surface area is 124 Å². The zero-order valence-corrected chi connectivity index (χ0v) is 12.2. The maximum Gasteiger partial charge on any atom is 0.341 e. The van der Waals surface area contributed by atoms with Crippen LogP contribution in [0.3, 0.4) is 0 Å². The number of carbonyl (C=O) groups excluding carboxylic acids is 1. The molecule has 1 aromatic rings. The average Bonchev–Trinajstić information content (AvgIpc) is 2.46. The highest BCUT2D eigenvalue weighted by Crippen LogP contribution is 2.29. The molecule has 8 nitrogen and oxygen atoms in total. The fourth-order valence-electron chi connectivity index (χ4n) is 1.53. The maximum absolute atomic E-state index is 12.4. The fraction of sp³-hybridized carbons (Fsp3) is 0.364. The molecule has 1 rings (SSSR count). The summed E-state index contributed by atoms with van der Waals surface area (Å²) in [7, 11) is -3.49. The number of nitro groups is 1. The van der Waals surface area contributed by atoms with Crippen molar-refractivity contribution >= 4 is 27.1 Å². The van der Waals surface area contributed by atoms with E-state index in [1.807, 2.05) is 0 Å². The van der Waals surface area contributed by atoms with Crippen LogP contribution in [0.2, 0.25) is 0 Å². The molecule has 1 amide bonds. The number of anilines is 1. The van der Waals surface area contributed by atoms with Crippen molar-refractivity contribution < 1.29 is 26.9 Å². The van der Waals surface area contributed by atoms with E-state index in [-0.39, 0.29) is 24.6 Å². The van der Waals surface area contributed by atoms with Crippen molar-refractivity contribution in [1.82, 2.24) is 5.32 Å². The second-order valence-electron chi connectivity index (χ2n) is 4.09. The molecule has 0 aromatic heterocycles. The van der Waals surface area contributed by atoms with E-state index in [0.717, 1.165) is 12.1 Å². The second-order valence-corrected chi connectivity index (χ2v) is 6.01. The molecular weight excluding hydrogens is 324 g/mol. The molecule has 0 heterocycles. The predicted molar refractivity (Wildman–Crippen MR) is 73.5 cm³/mol. The molecule has 11 heteroatoms. The van der Waals surface area contributed by atoms with Crippen LogP contribution in [0.5, 0.6) is 0 Å². The summed E-state index contributed by atoms with van der Waals surface area (Å²) in [6, 6.07) is 2.41. The van der Waals surface area contributed by atoms with Crippen molar-refractivity contribution in [3.63, 3.8) is 0 Å². The summed E-state index contributed by atoms with van der Waals surface area (Å²) in [5, 5.41) is 15.9. The summed E-state index contributed by atoms with van der Waals surface area (Å²) >= 11 is 0. The molecule has 122 valence electrons. The van der Waals surface area contributed by atoms with Crippen LogP contribution < -0.4 is 10.6 Å². The normalized spacial score (nSPS) is 11.3. The lowest BCUT2D eigenvalue weighted by Crippen LogP contribution is -2.21. The van der Waals surface area contributed by atoms with Gasteiger partial charge < -0.3 is 10.6 Å². The zero-order valence-electron chi connectivity index (χ0n) is 11.4. The van der Waals surface area contributed by atoms with Crippen molar-refractivity contribution in [2.75, 3.05) is 18.9 Å². The second kappa shape index (κ2) is 7.11. The predicted octanol–water partition coefficient (Wildman–Crippen LogP) is 1.14. The average molecular weight is 337 g/mol. The lowest BCUT2D eigenvalue weighted by molar-refractivity contribution is -0.384. The summed E-state index contributed by atoms with van der Waals surface area (Å²) < 4.78 is 47.5. The molecule has 0 fully saturated rings. The Bertz CT molecular complexity index is 678. The Balaban J connectivity index is 3.06. The summed E-state index contributed by atoms with van der Waals surface area (Å²) in [5.41, 5.74) is -0.735. The lowest BCUT2D eigenvalue weighted by Gasteiger charge is -2.08. The summed E-state index contributed by atoms with van der Waals surface area (Å²) in [5.74, 6) is -3.97. The number of sulfone groups is 1. The number of carbonyl (C=O) groups is 1. The third-order valence-electron chi connectivity index (χ3n) is 2.68. The zero-order chi connectivity index (χ0) is 16.9. The van der Waals surface area contributed by atoms with Crippen LogP contribution in [0.4, 0.5) is 20.2 Å². The van der Waals surface area contributed by atoms with Gasteiger partial charge in [-0.3, -0.25) is 14.9 Å². The molecule has 1 aromatic carbocycles. The van der Waals surface area contributed by atoms with Gasteiger partial charge in [0.15, 0.2) is 0 Å². The van der Waals surface area contributed by atoms with Crippen LogP contribution >= 0.6 is 0 Å². The van der Waals surface area contributed by atoms with Crippen LogP contribution in [-0.4, -0.2) is 38.6 Å². The Hall–Kier alpha value is -2.30. The van der Waals surface area contributed by atoms with Gasteiger partial charge >= 0.3 is 5.76 Å². The molecule has 0 atom stereocenters. The monoisotopic (exact) mass is 337 g/mol. The number of nitro benzene ring substituents is 1. The number of rotatable bonds is 7. The van der Waals surface area contributed by atoms with Crippen molar-refractivity contribution in [1.29, 1.82) is 0 Å². The minimum Gasteiger partial charge on any atom is -0.379 e. The van der Waals surface area contributed by atoms with Crippen LogP contribution in [0.25, 0.3) is 0 Å². The number of nitrogens with zero attached hydrogens (tertiary/aromatic N) is 1. The third-order valence-corrected chi connectivity index (χ3v) is 4.06.